The zero-order chi connectivity index (χ0) is 18.6. The Morgan fingerprint density at radius 1 is 1.23 bits per heavy atom. The molecule has 0 spiro atoms. The average Bonchev–Trinajstić information content (AvgIpc) is 3.09. The van der Waals surface area contributed by atoms with Gasteiger partial charge in [-0.1, -0.05) is 36.6 Å². The van der Waals surface area contributed by atoms with Crippen LogP contribution in [0.3, 0.4) is 0 Å². The minimum Gasteiger partial charge on any atom is -0.353 e. The van der Waals surface area contributed by atoms with Gasteiger partial charge < -0.3 is 9.84 Å². The predicted molar refractivity (Wildman–Crippen MR) is 88.1 cm³/mol. The summed E-state index contributed by atoms with van der Waals surface area (Å²) in [5.41, 5.74) is -0.547. The summed E-state index contributed by atoms with van der Waals surface area (Å²) in [6, 6.07) is 4.98. The minimum absolute atomic E-state index is 0.0734. The van der Waals surface area contributed by atoms with Crippen molar-refractivity contribution in [2.75, 3.05) is 0 Å². The molecule has 8 heteroatoms. The Labute approximate surface area is 149 Å². The van der Waals surface area contributed by atoms with Gasteiger partial charge in [0.25, 0.3) is 0 Å². The first-order valence-electron chi connectivity index (χ1n) is 8.71. The standard InChI is InChI=1S/C18H20F3N3O2/c19-18(20,21)13-6-4-5-12(11-13)17-23-16(26-24-17)10-9-15(25)22-14-7-2-1-3-8-14/h4-6,11,14H,1-3,7-10H2,(H,22,25). The van der Waals surface area contributed by atoms with Crippen LogP contribution in [0.1, 0.15) is 50.0 Å². The zero-order valence-corrected chi connectivity index (χ0v) is 14.2. The molecule has 0 radical (unpaired) electrons. The van der Waals surface area contributed by atoms with E-state index in [1.807, 2.05) is 0 Å². The van der Waals surface area contributed by atoms with E-state index in [9.17, 15) is 18.0 Å². The third-order valence-corrected chi connectivity index (χ3v) is 4.45. The van der Waals surface area contributed by atoms with Crippen LogP contribution in [0.5, 0.6) is 0 Å². The summed E-state index contributed by atoms with van der Waals surface area (Å²) < 4.78 is 43.4. The van der Waals surface area contributed by atoms with Gasteiger partial charge in [-0.15, -0.1) is 0 Å². The van der Waals surface area contributed by atoms with Gasteiger partial charge in [0.15, 0.2) is 0 Å². The molecule has 0 unspecified atom stereocenters. The fourth-order valence-electron chi connectivity index (χ4n) is 3.08. The number of alkyl halides is 3. The molecule has 1 amide bonds. The van der Waals surface area contributed by atoms with E-state index in [1.165, 1.54) is 18.6 Å². The first kappa shape index (κ1) is 18.4. The predicted octanol–water partition coefficient (Wildman–Crippen LogP) is 4.14. The van der Waals surface area contributed by atoms with E-state index in [0.29, 0.717) is 0 Å². The second kappa shape index (κ2) is 7.88. The molecule has 1 aromatic heterocycles. The highest BCUT2D eigenvalue weighted by Crippen LogP contribution is 2.31. The number of amides is 1. The fraction of sp³-hybridized carbons (Fsp3) is 0.500. The van der Waals surface area contributed by atoms with Gasteiger partial charge >= 0.3 is 6.18 Å². The van der Waals surface area contributed by atoms with Crippen LogP contribution in [0, 0.1) is 0 Å². The molecule has 1 fully saturated rings. The van der Waals surface area contributed by atoms with Crippen LogP contribution in [-0.2, 0) is 17.4 Å². The van der Waals surface area contributed by atoms with Crippen molar-refractivity contribution >= 4 is 5.91 Å². The lowest BCUT2D eigenvalue weighted by atomic mass is 9.95. The van der Waals surface area contributed by atoms with Gasteiger partial charge in [0.1, 0.15) is 0 Å². The lowest BCUT2D eigenvalue weighted by molar-refractivity contribution is -0.137. The number of hydrogen-bond donors (Lipinski definition) is 1. The molecule has 5 nitrogen and oxygen atoms in total. The van der Waals surface area contributed by atoms with Gasteiger partial charge in [0, 0.05) is 24.4 Å². The van der Waals surface area contributed by atoms with Crippen molar-refractivity contribution < 1.29 is 22.5 Å². The fourth-order valence-corrected chi connectivity index (χ4v) is 3.08. The van der Waals surface area contributed by atoms with Crippen LogP contribution >= 0.6 is 0 Å². The molecule has 140 valence electrons. The molecule has 26 heavy (non-hydrogen) atoms. The first-order valence-corrected chi connectivity index (χ1v) is 8.71. The van der Waals surface area contributed by atoms with Crippen molar-refractivity contribution in [2.24, 2.45) is 0 Å². The number of nitrogens with one attached hydrogen (secondary N) is 1. The van der Waals surface area contributed by atoms with E-state index < -0.39 is 11.7 Å². The Morgan fingerprint density at radius 2 is 2.00 bits per heavy atom. The molecule has 1 aliphatic carbocycles. The Morgan fingerprint density at radius 3 is 2.73 bits per heavy atom. The van der Waals surface area contributed by atoms with Crippen LogP contribution in [0.25, 0.3) is 11.4 Å². The molecular weight excluding hydrogens is 347 g/mol. The summed E-state index contributed by atoms with van der Waals surface area (Å²) in [5.74, 6) is 0.241. The summed E-state index contributed by atoms with van der Waals surface area (Å²) >= 11 is 0. The third kappa shape index (κ3) is 4.83. The first-order chi connectivity index (χ1) is 12.4. The van der Waals surface area contributed by atoms with Crippen molar-refractivity contribution in [1.82, 2.24) is 15.5 Å². The Hall–Kier alpha value is -2.38. The van der Waals surface area contributed by atoms with E-state index in [2.05, 4.69) is 15.5 Å². The number of rotatable bonds is 5. The van der Waals surface area contributed by atoms with Gasteiger partial charge in [-0.25, -0.2) is 0 Å². The van der Waals surface area contributed by atoms with Crippen LogP contribution in [0.2, 0.25) is 0 Å². The monoisotopic (exact) mass is 367 g/mol. The molecule has 3 rings (SSSR count). The van der Waals surface area contributed by atoms with Crippen LogP contribution in [0.4, 0.5) is 13.2 Å². The molecule has 0 bridgehead atoms. The normalized spacial score (nSPS) is 15.8. The largest absolute Gasteiger partial charge is 0.416 e. The lowest BCUT2D eigenvalue weighted by Gasteiger charge is -2.22. The molecule has 1 saturated carbocycles. The molecular formula is C18H20F3N3O2. The number of hydrogen-bond acceptors (Lipinski definition) is 4. The molecule has 1 aliphatic rings. The summed E-state index contributed by atoms with van der Waals surface area (Å²) in [7, 11) is 0. The number of aromatic nitrogens is 2. The maximum Gasteiger partial charge on any atom is 0.416 e. The summed E-state index contributed by atoms with van der Waals surface area (Å²) in [6.07, 6.45) is 1.53. The van der Waals surface area contributed by atoms with Crippen LogP contribution in [0.15, 0.2) is 28.8 Å². The maximum absolute atomic E-state index is 12.8. The number of benzene rings is 1. The maximum atomic E-state index is 12.8. The Kier molecular flexibility index (Phi) is 5.58. The Bertz CT molecular complexity index is 752. The van der Waals surface area contributed by atoms with Crippen LogP contribution < -0.4 is 5.32 Å². The van der Waals surface area contributed by atoms with Crippen molar-refractivity contribution in [2.45, 2.75) is 57.2 Å². The van der Waals surface area contributed by atoms with Gasteiger partial charge in [-0.05, 0) is 25.0 Å². The van der Waals surface area contributed by atoms with Crippen molar-refractivity contribution in [1.29, 1.82) is 0 Å². The lowest BCUT2D eigenvalue weighted by Crippen LogP contribution is -2.36. The van der Waals surface area contributed by atoms with Gasteiger partial charge in [-0.2, -0.15) is 18.2 Å². The van der Waals surface area contributed by atoms with Crippen molar-refractivity contribution in [3.8, 4) is 11.4 Å². The third-order valence-electron chi connectivity index (χ3n) is 4.45. The number of nitrogens with zero attached hydrogens (tertiary/aromatic N) is 2. The van der Waals surface area contributed by atoms with E-state index in [0.717, 1.165) is 37.8 Å². The highest BCUT2D eigenvalue weighted by molar-refractivity contribution is 5.76. The summed E-state index contributed by atoms with van der Waals surface area (Å²) in [4.78, 5) is 16.1. The molecule has 0 saturated heterocycles. The van der Waals surface area contributed by atoms with E-state index >= 15 is 0 Å². The zero-order valence-electron chi connectivity index (χ0n) is 14.2. The van der Waals surface area contributed by atoms with E-state index in [4.69, 9.17) is 4.52 Å². The average molecular weight is 367 g/mol. The van der Waals surface area contributed by atoms with Gasteiger partial charge in [-0.3, -0.25) is 4.79 Å². The van der Waals surface area contributed by atoms with Gasteiger partial charge in [0.2, 0.25) is 17.6 Å². The number of carbonyl (C=O) groups is 1. The number of halogens is 3. The van der Waals surface area contributed by atoms with Crippen LogP contribution in [-0.4, -0.2) is 22.1 Å². The summed E-state index contributed by atoms with van der Waals surface area (Å²) in [5, 5.41) is 6.72. The summed E-state index contributed by atoms with van der Waals surface area (Å²) in [6.45, 7) is 0. The van der Waals surface area contributed by atoms with E-state index in [-0.39, 0.29) is 42.1 Å². The molecule has 2 aromatic rings. The number of aryl methyl sites for hydroxylation is 1. The van der Waals surface area contributed by atoms with E-state index in [1.54, 1.807) is 0 Å². The Balaban J connectivity index is 1.57. The van der Waals surface area contributed by atoms with Crippen molar-refractivity contribution in [3.63, 3.8) is 0 Å². The topological polar surface area (TPSA) is 68.0 Å². The quantitative estimate of drug-likeness (QED) is 0.863. The SMILES string of the molecule is O=C(CCc1nc(-c2cccc(C(F)(F)F)c2)no1)NC1CCCCC1. The minimum atomic E-state index is -4.43. The second-order valence-electron chi connectivity index (χ2n) is 6.49. The number of carbonyl (C=O) groups excluding carboxylic acids is 1. The molecule has 1 heterocycles. The molecule has 0 atom stereocenters. The molecule has 1 aromatic carbocycles. The smallest absolute Gasteiger partial charge is 0.353 e. The van der Waals surface area contributed by atoms with Gasteiger partial charge in [0.05, 0.1) is 5.56 Å². The molecule has 1 N–H and O–H groups in total. The van der Waals surface area contributed by atoms with Crippen molar-refractivity contribution in [3.05, 3.63) is 35.7 Å². The molecule has 0 aliphatic heterocycles. The highest BCUT2D eigenvalue weighted by atomic mass is 19.4. The highest BCUT2D eigenvalue weighted by Gasteiger charge is 2.30. The second-order valence-corrected chi connectivity index (χ2v) is 6.49.